The normalized spacial score (nSPS) is 18.8. The summed E-state index contributed by atoms with van der Waals surface area (Å²) in [7, 11) is 0. The van der Waals surface area contributed by atoms with E-state index in [1.165, 1.54) is 6.42 Å². The van der Waals surface area contributed by atoms with Crippen LogP contribution in [0, 0.1) is 0 Å². The second kappa shape index (κ2) is 6.16. The van der Waals surface area contributed by atoms with Crippen LogP contribution in [0.4, 0.5) is 0 Å². The predicted molar refractivity (Wildman–Crippen MR) is 74.7 cm³/mol. The molecule has 0 radical (unpaired) electrons. The maximum atomic E-state index is 10.8. The average molecular weight is 310 g/mol. The molecule has 1 atom stereocenters. The number of halogens is 1. The van der Waals surface area contributed by atoms with Crippen molar-refractivity contribution in [2.75, 3.05) is 0 Å². The monoisotopic (exact) mass is 309 g/mol. The summed E-state index contributed by atoms with van der Waals surface area (Å²) in [5.41, 5.74) is 1.40. The molecule has 1 aromatic carbocycles. The van der Waals surface area contributed by atoms with E-state index in [0.29, 0.717) is 11.6 Å². The molecule has 3 nitrogen and oxygen atoms in total. The van der Waals surface area contributed by atoms with Gasteiger partial charge in [0.2, 0.25) is 0 Å². The van der Waals surface area contributed by atoms with Gasteiger partial charge >= 0.3 is 5.97 Å². The molecule has 2 N–H and O–H groups in total. The number of nitrogens with one attached hydrogen (secondary N) is 1. The Labute approximate surface area is 115 Å². The second-order valence-corrected chi connectivity index (χ2v) is 5.33. The SMILES string of the molecule is O=C(O)c1ccc(CNC2CC=CCC2)c(Br)c1. The summed E-state index contributed by atoms with van der Waals surface area (Å²) in [4.78, 5) is 10.8. The lowest BCUT2D eigenvalue weighted by Crippen LogP contribution is -2.29. The molecular formula is C14H16BrNO2. The average Bonchev–Trinajstić information content (AvgIpc) is 2.38. The third kappa shape index (κ3) is 3.43. The van der Waals surface area contributed by atoms with Gasteiger partial charge in [-0.25, -0.2) is 4.79 Å². The maximum absolute atomic E-state index is 10.8. The van der Waals surface area contributed by atoms with Gasteiger partial charge in [-0.3, -0.25) is 0 Å². The summed E-state index contributed by atoms with van der Waals surface area (Å²) in [6.45, 7) is 0.763. The molecule has 1 aliphatic carbocycles. The number of hydrogen-bond acceptors (Lipinski definition) is 2. The molecule has 0 saturated carbocycles. The maximum Gasteiger partial charge on any atom is 0.335 e. The van der Waals surface area contributed by atoms with Crippen LogP contribution in [0.3, 0.4) is 0 Å². The van der Waals surface area contributed by atoms with Gasteiger partial charge in [-0.1, -0.05) is 34.1 Å². The molecule has 1 unspecified atom stereocenters. The van der Waals surface area contributed by atoms with Gasteiger partial charge in [-0.15, -0.1) is 0 Å². The molecule has 2 rings (SSSR count). The van der Waals surface area contributed by atoms with Gasteiger partial charge in [-0.05, 0) is 37.0 Å². The van der Waals surface area contributed by atoms with Crippen LogP contribution in [-0.2, 0) is 6.54 Å². The Bertz CT molecular complexity index is 471. The third-order valence-electron chi connectivity index (χ3n) is 3.15. The first-order chi connectivity index (χ1) is 8.66. The van der Waals surface area contributed by atoms with Gasteiger partial charge in [-0.2, -0.15) is 0 Å². The Kier molecular flexibility index (Phi) is 4.55. The summed E-state index contributed by atoms with van der Waals surface area (Å²) in [6.07, 6.45) is 7.81. The molecule has 96 valence electrons. The lowest BCUT2D eigenvalue weighted by molar-refractivity contribution is 0.0697. The first kappa shape index (κ1) is 13.3. The van der Waals surface area contributed by atoms with Crippen LogP contribution in [0.1, 0.15) is 35.2 Å². The number of benzene rings is 1. The van der Waals surface area contributed by atoms with Crippen molar-refractivity contribution in [1.82, 2.24) is 5.32 Å². The zero-order valence-corrected chi connectivity index (χ0v) is 11.6. The molecule has 0 heterocycles. The highest BCUT2D eigenvalue weighted by Crippen LogP contribution is 2.19. The van der Waals surface area contributed by atoms with Crippen LogP contribution in [0.25, 0.3) is 0 Å². The number of aromatic carboxylic acids is 1. The minimum atomic E-state index is -0.896. The Hall–Kier alpha value is -1.13. The van der Waals surface area contributed by atoms with Crippen molar-refractivity contribution in [3.05, 3.63) is 46.0 Å². The van der Waals surface area contributed by atoms with Crippen LogP contribution in [-0.4, -0.2) is 17.1 Å². The molecule has 0 fully saturated rings. The van der Waals surface area contributed by atoms with Crippen LogP contribution < -0.4 is 5.32 Å². The van der Waals surface area contributed by atoms with Crippen molar-refractivity contribution in [3.63, 3.8) is 0 Å². The minimum absolute atomic E-state index is 0.311. The van der Waals surface area contributed by atoms with E-state index in [0.717, 1.165) is 29.4 Å². The summed E-state index contributed by atoms with van der Waals surface area (Å²) in [5.74, 6) is -0.896. The van der Waals surface area contributed by atoms with E-state index in [4.69, 9.17) is 5.11 Å². The van der Waals surface area contributed by atoms with Crippen LogP contribution in [0.2, 0.25) is 0 Å². The first-order valence-corrected chi connectivity index (χ1v) is 6.86. The molecule has 0 aliphatic heterocycles. The van der Waals surface area contributed by atoms with E-state index in [-0.39, 0.29) is 0 Å². The van der Waals surface area contributed by atoms with E-state index in [2.05, 4.69) is 33.4 Å². The Morgan fingerprint density at radius 1 is 1.44 bits per heavy atom. The summed E-state index contributed by atoms with van der Waals surface area (Å²) >= 11 is 3.42. The topological polar surface area (TPSA) is 49.3 Å². The lowest BCUT2D eigenvalue weighted by atomic mass is 10.0. The van der Waals surface area contributed by atoms with Crippen LogP contribution in [0.5, 0.6) is 0 Å². The molecule has 4 heteroatoms. The van der Waals surface area contributed by atoms with Gasteiger partial charge in [0.05, 0.1) is 5.56 Å². The molecule has 0 amide bonds. The van der Waals surface area contributed by atoms with Crippen molar-refractivity contribution in [3.8, 4) is 0 Å². The number of rotatable bonds is 4. The number of carboxylic acids is 1. The van der Waals surface area contributed by atoms with Gasteiger partial charge in [0.25, 0.3) is 0 Å². The number of carbonyl (C=O) groups is 1. The Balaban J connectivity index is 1.97. The Morgan fingerprint density at radius 3 is 2.89 bits per heavy atom. The van der Waals surface area contributed by atoms with Gasteiger partial charge in [0.1, 0.15) is 0 Å². The van der Waals surface area contributed by atoms with Gasteiger partial charge < -0.3 is 10.4 Å². The highest BCUT2D eigenvalue weighted by atomic mass is 79.9. The van der Waals surface area contributed by atoms with Crippen molar-refractivity contribution in [1.29, 1.82) is 0 Å². The Morgan fingerprint density at radius 2 is 2.28 bits per heavy atom. The summed E-state index contributed by atoms with van der Waals surface area (Å²) in [5, 5.41) is 12.4. The van der Waals surface area contributed by atoms with E-state index in [1.807, 2.05) is 6.07 Å². The van der Waals surface area contributed by atoms with Crippen molar-refractivity contribution in [2.24, 2.45) is 0 Å². The molecule has 0 aromatic heterocycles. The zero-order valence-electron chi connectivity index (χ0n) is 10.0. The van der Waals surface area contributed by atoms with Crippen LogP contribution >= 0.6 is 15.9 Å². The smallest absolute Gasteiger partial charge is 0.335 e. The largest absolute Gasteiger partial charge is 0.478 e. The third-order valence-corrected chi connectivity index (χ3v) is 3.89. The van der Waals surface area contributed by atoms with Crippen molar-refractivity contribution in [2.45, 2.75) is 31.8 Å². The molecule has 0 spiro atoms. The summed E-state index contributed by atoms with van der Waals surface area (Å²) in [6, 6.07) is 5.69. The number of allylic oxidation sites excluding steroid dienone is 1. The molecule has 1 aromatic rings. The van der Waals surface area contributed by atoms with Gasteiger partial charge in [0, 0.05) is 17.1 Å². The minimum Gasteiger partial charge on any atom is -0.478 e. The van der Waals surface area contributed by atoms with Crippen molar-refractivity contribution < 1.29 is 9.90 Å². The molecule has 0 saturated heterocycles. The van der Waals surface area contributed by atoms with Crippen LogP contribution in [0.15, 0.2) is 34.8 Å². The predicted octanol–water partition coefficient (Wildman–Crippen LogP) is 3.35. The fraction of sp³-hybridized carbons (Fsp3) is 0.357. The van der Waals surface area contributed by atoms with E-state index >= 15 is 0 Å². The fourth-order valence-electron chi connectivity index (χ4n) is 2.06. The van der Waals surface area contributed by atoms with E-state index in [9.17, 15) is 4.79 Å². The zero-order chi connectivity index (χ0) is 13.0. The fourth-order valence-corrected chi connectivity index (χ4v) is 2.58. The van der Waals surface area contributed by atoms with E-state index in [1.54, 1.807) is 12.1 Å². The molecule has 1 aliphatic rings. The lowest BCUT2D eigenvalue weighted by Gasteiger charge is -2.19. The summed E-state index contributed by atoms with van der Waals surface area (Å²) < 4.78 is 0.848. The molecule has 0 bridgehead atoms. The molecule has 18 heavy (non-hydrogen) atoms. The number of hydrogen-bond donors (Lipinski definition) is 2. The quantitative estimate of drug-likeness (QED) is 0.839. The van der Waals surface area contributed by atoms with E-state index < -0.39 is 5.97 Å². The standard InChI is InChI=1S/C14H16BrNO2/c15-13-8-10(14(17)18)6-7-11(13)9-16-12-4-2-1-3-5-12/h1-2,6-8,12,16H,3-5,9H2,(H,17,18). The molecular weight excluding hydrogens is 294 g/mol. The van der Waals surface area contributed by atoms with Crippen molar-refractivity contribution >= 4 is 21.9 Å². The van der Waals surface area contributed by atoms with Gasteiger partial charge in [0.15, 0.2) is 0 Å². The highest BCUT2D eigenvalue weighted by Gasteiger charge is 2.11. The number of carboxylic acid groups (broad SMARTS) is 1. The first-order valence-electron chi connectivity index (χ1n) is 6.07. The highest BCUT2D eigenvalue weighted by molar-refractivity contribution is 9.10. The second-order valence-electron chi connectivity index (χ2n) is 4.47.